The molecule has 0 unspecified atom stereocenters. The number of benzene rings is 2. The summed E-state index contributed by atoms with van der Waals surface area (Å²) in [6.45, 7) is 0.995. The van der Waals surface area contributed by atoms with Crippen molar-refractivity contribution in [1.82, 2.24) is 4.72 Å². The fourth-order valence-electron chi connectivity index (χ4n) is 3.11. The predicted octanol–water partition coefficient (Wildman–Crippen LogP) is 2.95. The van der Waals surface area contributed by atoms with Crippen molar-refractivity contribution in [3.05, 3.63) is 71.5 Å². The van der Waals surface area contributed by atoms with Gasteiger partial charge in [-0.3, -0.25) is 0 Å². The Kier molecular flexibility index (Phi) is 4.99. The van der Waals surface area contributed by atoms with Crippen LogP contribution in [0.3, 0.4) is 0 Å². The van der Waals surface area contributed by atoms with Gasteiger partial charge in [0.25, 0.3) is 0 Å². The SMILES string of the molecule is O=S(=O)(Cc1cccc(F)c1)NC1(c2ccccc2)CCOCC1. The van der Waals surface area contributed by atoms with Gasteiger partial charge in [0.2, 0.25) is 10.0 Å². The van der Waals surface area contributed by atoms with Gasteiger partial charge in [-0.15, -0.1) is 0 Å². The molecule has 1 aliphatic rings. The summed E-state index contributed by atoms with van der Waals surface area (Å²) in [6.07, 6.45) is 1.14. The minimum Gasteiger partial charge on any atom is -0.381 e. The van der Waals surface area contributed by atoms with Crippen molar-refractivity contribution in [3.8, 4) is 0 Å². The highest BCUT2D eigenvalue weighted by Gasteiger charge is 2.38. The number of ether oxygens (including phenoxy) is 1. The average molecular weight is 349 g/mol. The second kappa shape index (κ2) is 7.01. The van der Waals surface area contributed by atoms with E-state index in [1.165, 1.54) is 18.2 Å². The van der Waals surface area contributed by atoms with E-state index in [2.05, 4.69) is 4.72 Å². The maximum atomic E-state index is 13.3. The lowest BCUT2D eigenvalue weighted by molar-refractivity contribution is 0.0459. The maximum Gasteiger partial charge on any atom is 0.216 e. The van der Waals surface area contributed by atoms with E-state index >= 15 is 0 Å². The third kappa shape index (κ3) is 4.01. The van der Waals surface area contributed by atoms with E-state index in [1.54, 1.807) is 6.07 Å². The third-order valence-corrected chi connectivity index (χ3v) is 5.68. The molecule has 0 amide bonds. The van der Waals surface area contributed by atoms with Gasteiger partial charge < -0.3 is 4.74 Å². The van der Waals surface area contributed by atoms with E-state index in [1.807, 2.05) is 30.3 Å². The highest BCUT2D eigenvalue weighted by molar-refractivity contribution is 7.88. The molecule has 2 aromatic carbocycles. The van der Waals surface area contributed by atoms with Crippen LogP contribution < -0.4 is 4.72 Å². The molecule has 4 nitrogen and oxygen atoms in total. The molecule has 2 aromatic rings. The Hall–Kier alpha value is -1.76. The quantitative estimate of drug-likeness (QED) is 0.903. The fraction of sp³-hybridized carbons (Fsp3) is 0.333. The Balaban J connectivity index is 1.87. The second-order valence-electron chi connectivity index (χ2n) is 6.05. The lowest BCUT2D eigenvalue weighted by atomic mass is 9.84. The Morgan fingerprint density at radius 3 is 2.42 bits per heavy atom. The summed E-state index contributed by atoms with van der Waals surface area (Å²) in [5, 5.41) is 0. The van der Waals surface area contributed by atoms with Crippen LogP contribution >= 0.6 is 0 Å². The molecule has 0 bridgehead atoms. The normalized spacial score (nSPS) is 17.5. The molecule has 1 saturated heterocycles. The van der Waals surface area contributed by atoms with Crippen LogP contribution in [0.2, 0.25) is 0 Å². The van der Waals surface area contributed by atoms with E-state index in [4.69, 9.17) is 4.74 Å². The molecule has 24 heavy (non-hydrogen) atoms. The standard InChI is InChI=1S/C18H20FNO3S/c19-17-8-4-5-15(13-17)14-24(21,22)20-18(9-11-23-12-10-18)16-6-2-1-3-7-16/h1-8,13,20H,9-12,14H2. The molecule has 128 valence electrons. The van der Waals surface area contributed by atoms with Crippen LogP contribution in [0, 0.1) is 5.82 Å². The van der Waals surface area contributed by atoms with Crippen molar-refractivity contribution in [2.45, 2.75) is 24.1 Å². The van der Waals surface area contributed by atoms with Gasteiger partial charge in [0.05, 0.1) is 11.3 Å². The van der Waals surface area contributed by atoms with Crippen LogP contribution in [0.15, 0.2) is 54.6 Å². The molecule has 0 saturated carbocycles. The summed E-state index contributed by atoms with van der Waals surface area (Å²) < 4.78 is 46.9. The number of hydrogen-bond acceptors (Lipinski definition) is 3. The smallest absolute Gasteiger partial charge is 0.216 e. The maximum absolute atomic E-state index is 13.3. The van der Waals surface area contributed by atoms with Crippen LogP contribution in [-0.4, -0.2) is 21.6 Å². The highest BCUT2D eigenvalue weighted by Crippen LogP contribution is 2.33. The summed E-state index contributed by atoms with van der Waals surface area (Å²) in [5.41, 5.74) is 0.681. The first-order valence-corrected chi connectivity index (χ1v) is 9.54. The predicted molar refractivity (Wildman–Crippen MR) is 90.3 cm³/mol. The van der Waals surface area contributed by atoms with Gasteiger partial charge >= 0.3 is 0 Å². The van der Waals surface area contributed by atoms with Crippen molar-refractivity contribution in [2.75, 3.05) is 13.2 Å². The first-order valence-electron chi connectivity index (χ1n) is 7.89. The van der Waals surface area contributed by atoms with Crippen LogP contribution in [0.25, 0.3) is 0 Å². The summed E-state index contributed by atoms with van der Waals surface area (Å²) in [5.74, 6) is -0.688. The molecule has 0 spiro atoms. The molecule has 3 rings (SSSR count). The van der Waals surface area contributed by atoms with Gasteiger partial charge in [0.15, 0.2) is 0 Å². The molecule has 0 atom stereocenters. The van der Waals surface area contributed by atoms with Gasteiger partial charge in [0.1, 0.15) is 5.82 Å². The molecule has 0 radical (unpaired) electrons. The van der Waals surface area contributed by atoms with Crippen LogP contribution in [-0.2, 0) is 26.1 Å². The van der Waals surface area contributed by atoms with Crippen LogP contribution in [0.1, 0.15) is 24.0 Å². The van der Waals surface area contributed by atoms with E-state index < -0.39 is 21.4 Å². The molecular formula is C18H20FNO3S. The number of sulfonamides is 1. The minimum atomic E-state index is -3.63. The minimum absolute atomic E-state index is 0.250. The molecule has 0 aliphatic carbocycles. The number of hydrogen-bond donors (Lipinski definition) is 1. The van der Waals surface area contributed by atoms with Gasteiger partial charge in [-0.25, -0.2) is 17.5 Å². The lowest BCUT2D eigenvalue weighted by Gasteiger charge is -2.38. The number of rotatable bonds is 5. The van der Waals surface area contributed by atoms with E-state index in [-0.39, 0.29) is 5.75 Å². The summed E-state index contributed by atoms with van der Waals surface area (Å²) in [6, 6.07) is 15.2. The Bertz CT molecular complexity index is 787. The largest absolute Gasteiger partial charge is 0.381 e. The topological polar surface area (TPSA) is 55.4 Å². The fourth-order valence-corrected chi connectivity index (χ4v) is 4.71. The van der Waals surface area contributed by atoms with Crippen molar-refractivity contribution in [1.29, 1.82) is 0 Å². The first-order chi connectivity index (χ1) is 11.5. The van der Waals surface area contributed by atoms with Gasteiger partial charge in [-0.1, -0.05) is 42.5 Å². The van der Waals surface area contributed by atoms with Gasteiger partial charge in [0, 0.05) is 13.2 Å². The van der Waals surface area contributed by atoms with E-state index in [0.29, 0.717) is 31.6 Å². The van der Waals surface area contributed by atoms with E-state index in [9.17, 15) is 12.8 Å². The number of nitrogens with one attached hydrogen (secondary N) is 1. The molecule has 1 fully saturated rings. The highest BCUT2D eigenvalue weighted by atomic mass is 32.2. The lowest BCUT2D eigenvalue weighted by Crippen LogP contribution is -2.49. The first kappa shape index (κ1) is 17.1. The van der Waals surface area contributed by atoms with Crippen molar-refractivity contribution in [2.24, 2.45) is 0 Å². The van der Waals surface area contributed by atoms with E-state index in [0.717, 1.165) is 5.56 Å². The molecule has 6 heteroatoms. The van der Waals surface area contributed by atoms with Crippen molar-refractivity contribution >= 4 is 10.0 Å². The summed E-state index contributed by atoms with van der Waals surface area (Å²) in [7, 11) is -3.63. The summed E-state index contributed by atoms with van der Waals surface area (Å²) >= 11 is 0. The van der Waals surface area contributed by atoms with Crippen LogP contribution in [0.4, 0.5) is 4.39 Å². The van der Waals surface area contributed by atoms with Crippen molar-refractivity contribution < 1.29 is 17.5 Å². The third-order valence-electron chi connectivity index (χ3n) is 4.27. The molecule has 1 N–H and O–H groups in total. The Morgan fingerprint density at radius 1 is 1.04 bits per heavy atom. The summed E-state index contributed by atoms with van der Waals surface area (Å²) in [4.78, 5) is 0. The van der Waals surface area contributed by atoms with Gasteiger partial charge in [-0.05, 0) is 36.1 Å². The zero-order valence-corrected chi connectivity index (χ0v) is 14.1. The molecule has 1 heterocycles. The van der Waals surface area contributed by atoms with Gasteiger partial charge in [-0.2, -0.15) is 0 Å². The molecule has 0 aromatic heterocycles. The van der Waals surface area contributed by atoms with Crippen LogP contribution in [0.5, 0.6) is 0 Å². The van der Waals surface area contributed by atoms with Crippen molar-refractivity contribution in [3.63, 3.8) is 0 Å². The zero-order chi connectivity index (χ0) is 17.0. The second-order valence-corrected chi connectivity index (χ2v) is 7.77. The Labute approximate surface area is 141 Å². The average Bonchev–Trinajstić information content (AvgIpc) is 2.55. The molecular weight excluding hydrogens is 329 g/mol. The number of halogens is 1. The Morgan fingerprint density at radius 2 is 1.75 bits per heavy atom. The monoisotopic (exact) mass is 349 g/mol. The molecule has 1 aliphatic heterocycles. The zero-order valence-electron chi connectivity index (χ0n) is 13.2.